The molecule has 0 heterocycles. The number of aliphatic carboxylic acids is 2. The van der Waals surface area contributed by atoms with Crippen molar-refractivity contribution in [3.05, 3.63) is 47.5 Å². The highest BCUT2D eigenvalue weighted by Gasteiger charge is 2.29. The Kier molecular flexibility index (Phi) is 9.69. The zero-order valence-electron chi connectivity index (χ0n) is 20.1. The molecule has 0 aromatic heterocycles. The Morgan fingerprint density at radius 1 is 0.784 bits per heavy atom. The van der Waals surface area contributed by atoms with E-state index in [4.69, 9.17) is 0 Å². The molecule has 0 bridgehead atoms. The van der Waals surface area contributed by atoms with E-state index in [-0.39, 0.29) is 29.1 Å². The maximum atomic E-state index is 12.9. The molecule has 2 aromatic carbocycles. The van der Waals surface area contributed by atoms with Crippen molar-refractivity contribution < 1.29 is 36.6 Å². The lowest BCUT2D eigenvalue weighted by Crippen LogP contribution is -2.41. The Labute approximate surface area is 224 Å². The summed E-state index contributed by atoms with van der Waals surface area (Å²) in [5, 5.41) is 18.8. The Morgan fingerprint density at radius 2 is 1.16 bits per heavy atom. The molecule has 0 radical (unpaired) electrons. The van der Waals surface area contributed by atoms with Gasteiger partial charge >= 0.3 is 11.9 Å². The Balaban J connectivity index is 1.84. The van der Waals surface area contributed by atoms with Crippen LogP contribution in [0.4, 0.5) is 0 Å². The average Bonchev–Trinajstić information content (AvgIpc) is 3.21. The lowest BCUT2D eigenvalue weighted by atomic mass is 10.1. The molecule has 0 fully saturated rings. The van der Waals surface area contributed by atoms with Crippen LogP contribution in [-0.2, 0) is 36.1 Å². The van der Waals surface area contributed by atoms with Crippen LogP contribution in [0.15, 0.2) is 46.2 Å². The van der Waals surface area contributed by atoms with Crippen molar-refractivity contribution in [1.82, 2.24) is 9.44 Å². The van der Waals surface area contributed by atoms with Gasteiger partial charge in [-0.15, -0.1) is 0 Å². The summed E-state index contributed by atoms with van der Waals surface area (Å²) in [6.45, 7) is 0. The van der Waals surface area contributed by atoms with E-state index in [2.05, 4.69) is 9.44 Å². The molecule has 2 aromatic rings. The second kappa shape index (κ2) is 12.2. The average molecular weight is 589 g/mol. The minimum Gasteiger partial charge on any atom is -0.480 e. The number of rotatable bonds is 14. The Bertz CT molecular complexity index is 1290. The summed E-state index contributed by atoms with van der Waals surface area (Å²) < 4.78 is 56.0. The predicted molar refractivity (Wildman–Crippen MR) is 144 cm³/mol. The number of carboxylic acid groups (broad SMARTS) is 2. The summed E-state index contributed by atoms with van der Waals surface area (Å²) in [6.07, 6.45) is 4.14. The summed E-state index contributed by atoms with van der Waals surface area (Å²) in [5.41, 5.74) is 2.79. The molecular weight excluding hydrogens is 561 g/mol. The molecule has 4 N–H and O–H groups in total. The van der Waals surface area contributed by atoms with Crippen molar-refractivity contribution >= 4 is 55.5 Å². The second-order valence-electron chi connectivity index (χ2n) is 8.40. The van der Waals surface area contributed by atoms with Gasteiger partial charge in [-0.1, -0.05) is 12.1 Å². The van der Waals surface area contributed by atoms with Crippen LogP contribution >= 0.6 is 23.5 Å². The van der Waals surface area contributed by atoms with Crippen LogP contribution in [0.25, 0.3) is 11.1 Å². The van der Waals surface area contributed by atoms with Crippen LogP contribution in [-0.4, -0.2) is 75.1 Å². The van der Waals surface area contributed by atoms with E-state index in [1.807, 2.05) is 0 Å². The first kappa shape index (κ1) is 29.5. The lowest BCUT2D eigenvalue weighted by molar-refractivity contribution is -0.139. The van der Waals surface area contributed by atoms with Gasteiger partial charge in [-0.3, -0.25) is 9.59 Å². The topological polar surface area (TPSA) is 167 Å². The van der Waals surface area contributed by atoms with E-state index in [0.717, 1.165) is 11.1 Å². The number of hydrogen-bond acceptors (Lipinski definition) is 8. The van der Waals surface area contributed by atoms with E-state index in [1.165, 1.54) is 47.8 Å². The minimum absolute atomic E-state index is 0.0814. The van der Waals surface area contributed by atoms with Crippen LogP contribution in [0.5, 0.6) is 0 Å². The normalized spacial score (nSPS) is 14.5. The maximum Gasteiger partial charge on any atom is 0.321 e. The van der Waals surface area contributed by atoms with Crippen LogP contribution in [0.3, 0.4) is 0 Å². The van der Waals surface area contributed by atoms with Gasteiger partial charge in [-0.25, -0.2) is 16.8 Å². The molecule has 14 heteroatoms. The maximum absolute atomic E-state index is 12.9. The molecule has 202 valence electrons. The van der Waals surface area contributed by atoms with Gasteiger partial charge in [0.15, 0.2) is 0 Å². The van der Waals surface area contributed by atoms with Crippen molar-refractivity contribution in [3.8, 4) is 11.1 Å². The number of sulfonamides is 2. The molecule has 37 heavy (non-hydrogen) atoms. The molecule has 0 aliphatic heterocycles. The van der Waals surface area contributed by atoms with Gasteiger partial charge < -0.3 is 10.2 Å². The second-order valence-corrected chi connectivity index (χ2v) is 13.8. The van der Waals surface area contributed by atoms with Crippen molar-refractivity contribution in [2.45, 2.75) is 41.1 Å². The highest BCUT2D eigenvalue weighted by molar-refractivity contribution is 7.98. The van der Waals surface area contributed by atoms with Gasteiger partial charge in [0.25, 0.3) is 0 Å². The smallest absolute Gasteiger partial charge is 0.321 e. The molecular formula is C23H28N2O8S4. The van der Waals surface area contributed by atoms with Crippen LogP contribution < -0.4 is 9.44 Å². The van der Waals surface area contributed by atoms with E-state index < -0.39 is 44.1 Å². The third-order valence-corrected chi connectivity index (χ3v) is 10.1. The van der Waals surface area contributed by atoms with Crippen molar-refractivity contribution in [2.24, 2.45) is 0 Å². The van der Waals surface area contributed by atoms with E-state index in [1.54, 1.807) is 24.6 Å². The van der Waals surface area contributed by atoms with Crippen molar-refractivity contribution in [3.63, 3.8) is 0 Å². The molecule has 1 aliphatic rings. The largest absolute Gasteiger partial charge is 0.480 e. The number of nitrogens with one attached hydrogen (secondary N) is 2. The summed E-state index contributed by atoms with van der Waals surface area (Å²) >= 11 is 2.83. The van der Waals surface area contributed by atoms with Crippen molar-refractivity contribution in [2.75, 3.05) is 24.0 Å². The highest BCUT2D eigenvalue weighted by Crippen LogP contribution is 2.38. The number of thioether (sulfide) groups is 2. The fraction of sp³-hybridized carbons (Fsp3) is 0.391. The summed E-state index contributed by atoms with van der Waals surface area (Å²) in [7, 11) is -8.22. The number of benzene rings is 2. The van der Waals surface area contributed by atoms with E-state index >= 15 is 0 Å². The molecule has 0 saturated heterocycles. The minimum atomic E-state index is -4.11. The molecule has 2 atom stereocenters. The molecule has 0 saturated carbocycles. The van der Waals surface area contributed by atoms with E-state index in [9.17, 15) is 36.6 Å². The fourth-order valence-electron chi connectivity index (χ4n) is 3.95. The number of carboxylic acids is 2. The third-order valence-electron chi connectivity index (χ3n) is 5.86. The van der Waals surface area contributed by atoms with Gasteiger partial charge in [0, 0.05) is 0 Å². The van der Waals surface area contributed by atoms with Crippen LogP contribution in [0.1, 0.15) is 24.0 Å². The molecule has 1 aliphatic carbocycles. The predicted octanol–water partition coefficient (Wildman–Crippen LogP) is 2.23. The quantitative estimate of drug-likeness (QED) is 0.219. The first-order valence-corrected chi connectivity index (χ1v) is 16.9. The van der Waals surface area contributed by atoms with Gasteiger partial charge in [0.05, 0.1) is 9.79 Å². The summed E-state index contributed by atoms with van der Waals surface area (Å²) in [6, 6.07) is 6.41. The molecule has 0 amide bonds. The molecule has 3 rings (SSSR count). The third kappa shape index (κ3) is 7.06. The Hall–Kier alpha value is -2.10. The highest BCUT2D eigenvalue weighted by atomic mass is 32.2. The SMILES string of the molecule is CSCC[C@H](NS(=O)(=O)c1ccc2c(c1)Cc1cc(S(=O)(=O)N[C@@H](CCSC)C(=O)O)ccc1-2)C(=O)O. The molecule has 10 nitrogen and oxygen atoms in total. The number of carbonyl (C=O) groups is 2. The van der Waals surface area contributed by atoms with Crippen molar-refractivity contribution in [1.29, 1.82) is 0 Å². The lowest BCUT2D eigenvalue weighted by Gasteiger charge is -2.15. The van der Waals surface area contributed by atoms with Gasteiger partial charge in [0.1, 0.15) is 12.1 Å². The van der Waals surface area contributed by atoms with Gasteiger partial charge in [-0.05, 0) is 89.8 Å². The summed E-state index contributed by atoms with van der Waals surface area (Å²) in [4.78, 5) is 22.8. The van der Waals surface area contributed by atoms with Gasteiger partial charge in [-0.2, -0.15) is 33.0 Å². The first-order valence-electron chi connectivity index (χ1n) is 11.1. The van der Waals surface area contributed by atoms with Gasteiger partial charge in [0.2, 0.25) is 20.0 Å². The van der Waals surface area contributed by atoms with E-state index in [0.29, 0.717) is 22.6 Å². The zero-order chi connectivity index (χ0) is 27.4. The Morgan fingerprint density at radius 3 is 1.49 bits per heavy atom. The monoisotopic (exact) mass is 588 g/mol. The fourth-order valence-corrected chi connectivity index (χ4v) is 7.44. The first-order chi connectivity index (χ1) is 17.4. The van der Waals surface area contributed by atoms with Crippen LogP contribution in [0, 0.1) is 0 Å². The summed E-state index contributed by atoms with van der Waals surface area (Å²) in [5.74, 6) is -1.56. The number of hydrogen-bond donors (Lipinski definition) is 4. The molecule has 0 spiro atoms. The number of fused-ring (bicyclic) bond motifs is 3. The standard InChI is InChI=1S/C23H28N2O8S4/c1-34-9-7-20(22(26)27)24-36(30,31)16-3-5-18-14(12-16)11-15-13-17(4-6-19(15)18)37(32,33)25-21(23(28)29)8-10-35-2/h3-6,12-13,20-21,24-25H,7-11H2,1-2H3,(H,26,27)(H,28,29)/t20-,21-/m0/s1. The van der Waals surface area contributed by atoms with Crippen LogP contribution in [0.2, 0.25) is 0 Å². The molecule has 0 unspecified atom stereocenters. The zero-order valence-corrected chi connectivity index (χ0v) is 23.4.